The van der Waals surface area contributed by atoms with Gasteiger partial charge in [-0.3, -0.25) is 14.4 Å². The molecule has 0 unspecified atom stereocenters. The van der Waals surface area contributed by atoms with Gasteiger partial charge in [-0.15, -0.1) is 11.3 Å². The third-order valence-corrected chi connectivity index (χ3v) is 6.98. The Balaban J connectivity index is 1.45. The Hall–Kier alpha value is -3.24. The van der Waals surface area contributed by atoms with Crippen molar-refractivity contribution in [2.24, 2.45) is 5.73 Å². The maximum Gasteiger partial charge on any atom is 0.329 e. The molecule has 0 aliphatic carbocycles. The molecule has 2 aliphatic rings. The molecule has 0 radical (unpaired) electrons. The number of thiophene rings is 1. The second kappa shape index (κ2) is 8.95. The number of hydrogen-bond acceptors (Lipinski definition) is 7. The number of ketones is 1. The number of halogens is 2. The van der Waals surface area contributed by atoms with Gasteiger partial charge in [0.05, 0.1) is 9.90 Å². The van der Waals surface area contributed by atoms with Crippen LogP contribution in [0, 0.1) is 5.82 Å². The summed E-state index contributed by atoms with van der Waals surface area (Å²) in [6.07, 6.45) is 2.42. The average Bonchev–Trinajstić information content (AvgIpc) is 3.43. The Morgan fingerprint density at radius 3 is 2.73 bits per heavy atom. The van der Waals surface area contributed by atoms with E-state index >= 15 is 0 Å². The van der Waals surface area contributed by atoms with Crippen LogP contribution in [0.3, 0.4) is 0 Å². The third-order valence-electron chi connectivity index (χ3n) is 5.74. The number of nitrogens with two attached hydrogens (primary N) is 2. The standard InChI is InChI=1S/C22H19ClFN3O5S/c23-13-2-3-14(25)19(20(13)24)10-5-12-1-4-15(27(12)18(29)7-10)22(31)32-8-16(28)11-6-17(21(26)30)33-9-11/h2-3,6-7,9,12,15H,1,4-5,8,25H2,(H2,26,30)/t12-,15+/m1/s1. The van der Waals surface area contributed by atoms with Gasteiger partial charge in [0, 0.05) is 34.3 Å². The Kier molecular flexibility index (Phi) is 6.22. The molecule has 2 atom stereocenters. The van der Waals surface area contributed by atoms with Crippen molar-refractivity contribution in [2.75, 3.05) is 12.3 Å². The van der Waals surface area contributed by atoms with Crippen molar-refractivity contribution in [1.29, 1.82) is 0 Å². The highest BCUT2D eigenvalue weighted by Gasteiger charge is 2.44. The molecule has 1 fully saturated rings. The Labute approximate surface area is 196 Å². The van der Waals surface area contributed by atoms with Crippen LogP contribution in [0.2, 0.25) is 5.02 Å². The number of carbonyl (C=O) groups excluding carboxylic acids is 4. The van der Waals surface area contributed by atoms with Crippen molar-refractivity contribution in [3.8, 4) is 0 Å². The molecule has 4 rings (SSSR count). The number of hydrogen-bond donors (Lipinski definition) is 2. The Morgan fingerprint density at radius 1 is 1.27 bits per heavy atom. The summed E-state index contributed by atoms with van der Waals surface area (Å²) in [5.74, 6) is -2.99. The zero-order valence-corrected chi connectivity index (χ0v) is 18.7. The van der Waals surface area contributed by atoms with Crippen molar-refractivity contribution in [2.45, 2.75) is 31.3 Å². The fourth-order valence-corrected chi connectivity index (χ4v) is 5.10. The fourth-order valence-electron chi connectivity index (χ4n) is 4.18. The first-order valence-electron chi connectivity index (χ1n) is 10.0. The van der Waals surface area contributed by atoms with Crippen LogP contribution >= 0.6 is 22.9 Å². The molecule has 1 aromatic heterocycles. The van der Waals surface area contributed by atoms with Crippen molar-refractivity contribution in [1.82, 2.24) is 4.90 Å². The van der Waals surface area contributed by atoms with Crippen LogP contribution < -0.4 is 11.5 Å². The normalized spacial score (nSPS) is 19.8. The summed E-state index contributed by atoms with van der Waals surface area (Å²) in [6.45, 7) is -0.525. The van der Waals surface area contributed by atoms with Crippen molar-refractivity contribution >= 4 is 57.8 Å². The largest absolute Gasteiger partial charge is 0.456 e. The molecule has 0 spiro atoms. The minimum absolute atomic E-state index is 0.0956. The zero-order valence-electron chi connectivity index (χ0n) is 17.2. The van der Waals surface area contributed by atoms with E-state index in [1.54, 1.807) is 0 Å². The highest BCUT2D eigenvalue weighted by molar-refractivity contribution is 7.12. The lowest BCUT2D eigenvalue weighted by molar-refractivity contribution is -0.152. The Morgan fingerprint density at radius 2 is 2.03 bits per heavy atom. The maximum atomic E-state index is 14.6. The number of fused-ring (bicyclic) bond motifs is 1. The predicted octanol–water partition coefficient (Wildman–Crippen LogP) is 2.79. The number of Topliss-reactive ketones (excluding diaryl/α,β-unsaturated/α-hetero) is 1. The Bertz CT molecular complexity index is 1210. The average molecular weight is 492 g/mol. The number of amides is 2. The summed E-state index contributed by atoms with van der Waals surface area (Å²) < 4.78 is 19.7. The van der Waals surface area contributed by atoms with Crippen LogP contribution in [-0.2, 0) is 14.3 Å². The van der Waals surface area contributed by atoms with Gasteiger partial charge in [0.2, 0.25) is 11.7 Å². The molecule has 8 nitrogen and oxygen atoms in total. The van der Waals surface area contributed by atoms with Crippen molar-refractivity contribution < 1.29 is 28.3 Å². The molecule has 0 saturated carbocycles. The van der Waals surface area contributed by atoms with E-state index < -0.39 is 42.0 Å². The molecule has 4 N–H and O–H groups in total. The van der Waals surface area contributed by atoms with Gasteiger partial charge in [0.15, 0.2) is 12.4 Å². The van der Waals surface area contributed by atoms with Gasteiger partial charge < -0.3 is 21.1 Å². The molecule has 1 saturated heterocycles. The van der Waals surface area contributed by atoms with E-state index in [9.17, 15) is 23.6 Å². The molecule has 172 valence electrons. The number of carbonyl (C=O) groups is 4. The van der Waals surface area contributed by atoms with Crippen molar-refractivity contribution in [3.63, 3.8) is 0 Å². The molecule has 2 amide bonds. The van der Waals surface area contributed by atoms with Crippen LogP contribution in [0.4, 0.5) is 10.1 Å². The number of anilines is 1. The summed E-state index contributed by atoms with van der Waals surface area (Å²) in [7, 11) is 0. The van der Waals surface area contributed by atoms with Gasteiger partial charge in [0.25, 0.3) is 5.91 Å². The van der Waals surface area contributed by atoms with E-state index in [1.807, 2.05) is 0 Å². The summed E-state index contributed by atoms with van der Waals surface area (Å²) in [5.41, 5.74) is 12.0. The third kappa shape index (κ3) is 4.36. The first-order chi connectivity index (χ1) is 15.7. The highest BCUT2D eigenvalue weighted by Crippen LogP contribution is 2.39. The maximum absolute atomic E-state index is 14.6. The minimum Gasteiger partial charge on any atom is -0.456 e. The number of esters is 1. The van der Waals surface area contributed by atoms with E-state index in [0.717, 1.165) is 11.3 Å². The van der Waals surface area contributed by atoms with Gasteiger partial charge in [-0.25, -0.2) is 9.18 Å². The SMILES string of the molecule is NC(=O)c1cc(C(=O)COC(=O)[C@@H]2CC[C@@H]3CC(c4c(N)ccc(Cl)c4F)=CC(=O)N32)cs1. The summed E-state index contributed by atoms with van der Waals surface area (Å²) in [4.78, 5) is 50.6. The van der Waals surface area contributed by atoms with E-state index in [-0.39, 0.29) is 32.8 Å². The number of ether oxygens (including phenoxy) is 1. The summed E-state index contributed by atoms with van der Waals surface area (Å²) >= 11 is 6.90. The van der Waals surface area contributed by atoms with Crippen LogP contribution in [0.5, 0.6) is 0 Å². The molecule has 1 aromatic carbocycles. The lowest BCUT2D eigenvalue weighted by Gasteiger charge is -2.33. The van der Waals surface area contributed by atoms with E-state index in [2.05, 4.69) is 0 Å². The van der Waals surface area contributed by atoms with Gasteiger partial charge >= 0.3 is 5.97 Å². The first-order valence-corrected chi connectivity index (χ1v) is 11.3. The van der Waals surface area contributed by atoms with Gasteiger partial charge in [-0.1, -0.05) is 11.6 Å². The van der Waals surface area contributed by atoms with Crippen LogP contribution in [0.25, 0.3) is 5.57 Å². The van der Waals surface area contributed by atoms with Crippen molar-refractivity contribution in [3.05, 3.63) is 56.5 Å². The molecule has 3 heterocycles. The highest BCUT2D eigenvalue weighted by atomic mass is 35.5. The monoisotopic (exact) mass is 491 g/mol. The van der Waals surface area contributed by atoms with E-state index in [4.69, 9.17) is 27.8 Å². The molecule has 2 aliphatic heterocycles. The quantitative estimate of drug-likeness (QED) is 0.362. The van der Waals surface area contributed by atoms with Crippen LogP contribution in [0.1, 0.15) is 44.9 Å². The summed E-state index contributed by atoms with van der Waals surface area (Å²) in [6, 6.07) is 2.98. The second-order valence-electron chi connectivity index (χ2n) is 7.79. The smallest absolute Gasteiger partial charge is 0.329 e. The van der Waals surface area contributed by atoms with Gasteiger partial charge in [-0.05, 0) is 43.0 Å². The number of primary amides is 1. The fraction of sp³-hybridized carbons (Fsp3) is 0.273. The molecular formula is C22H19ClFN3O5S. The molecule has 0 bridgehead atoms. The molecular weight excluding hydrogens is 473 g/mol. The van der Waals surface area contributed by atoms with Gasteiger partial charge in [0.1, 0.15) is 6.04 Å². The van der Waals surface area contributed by atoms with E-state index in [0.29, 0.717) is 24.8 Å². The van der Waals surface area contributed by atoms with Gasteiger partial charge in [-0.2, -0.15) is 0 Å². The lowest BCUT2D eigenvalue weighted by atomic mass is 9.92. The number of rotatable bonds is 6. The van der Waals surface area contributed by atoms with Crippen LogP contribution in [-0.4, -0.2) is 47.2 Å². The van der Waals surface area contributed by atoms with E-state index in [1.165, 1.54) is 34.6 Å². The molecule has 33 heavy (non-hydrogen) atoms. The molecule has 2 aromatic rings. The second-order valence-corrected chi connectivity index (χ2v) is 9.10. The summed E-state index contributed by atoms with van der Waals surface area (Å²) in [5, 5.41) is 1.37. The topological polar surface area (TPSA) is 133 Å². The minimum atomic E-state index is -0.849. The van der Waals surface area contributed by atoms with Crippen LogP contribution in [0.15, 0.2) is 29.7 Å². The first kappa shape index (κ1) is 22.9. The zero-order chi connectivity index (χ0) is 23.9. The number of benzene rings is 1. The number of nitrogen functional groups attached to an aromatic ring is 1. The number of nitrogens with zero attached hydrogens (tertiary/aromatic N) is 1. The molecule has 11 heteroatoms. The lowest BCUT2D eigenvalue weighted by Crippen LogP contribution is -2.47. The predicted molar refractivity (Wildman–Crippen MR) is 120 cm³/mol.